The Bertz CT molecular complexity index is 366. The van der Waals surface area contributed by atoms with Crippen LogP contribution in [0.1, 0.15) is 13.3 Å². The highest BCUT2D eigenvalue weighted by Gasteiger charge is 2.17. The van der Waals surface area contributed by atoms with Gasteiger partial charge in [0.25, 0.3) is 0 Å². The van der Waals surface area contributed by atoms with Gasteiger partial charge in [-0.25, -0.2) is 13.2 Å². The van der Waals surface area contributed by atoms with Crippen molar-refractivity contribution in [2.75, 3.05) is 23.5 Å². The summed E-state index contributed by atoms with van der Waals surface area (Å²) in [5.74, 6) is -0.600. The number of carboxylic acid groups (broad SMARTS) is 1. The fraction of sp³-hybridized carbons (Fsp3) is 0.778. The highest BCUT2D eigenvalue weighted by atomic mass is 32.2. The van der Waals surface area contributed by atoms with Gasteiger partial charge >= 0.3 is 5.97 Å². The molecule has 0 spiro atoms. The summed E-state index contributed by atoms with van der Waals surface area (Å²) in [4.78, 5) is 21.4. The van der Waals surface area contributed by atoms with Crippen molar-refractivity contribution in [3.05, 3.63) is 0 Å². The molecule has 0 saturated carbocycles. The number of rotatable bonds is 8. The normalized spacial score (nSPS) is 13.1. The van der Waals surface area contributed by atoms with E-state index in [2.05, 4.69) is 5.32 Å². The highest BCUT2D eigenvalue weighted by Crippen LogP contribution is 2.06. The minimum absolute atomic E-state index is 0.0951. The largest absolute Gasteiger partial charge is 0.480 e. The quantitative estimate of drug-likeness (QED) is 0.595. The van der Waals surface area contributed by atoms with Gasteiger partial charge in [-0.2, -0.15) is 11.8 Å². The molecule has 1 atom stereocenters. The number of hydrogen-bond acceptors (Lipinski definition) is 5. The zero-order chi connectivity index (χ0) is 13.5. The van der Waals surface area contributed by atoms with Crippen LogP contribution >= 0.6 is 11.8 Å². The summed E-state index contributed by atoms with van der Waals surface area (Å²) >= 11 is 1.31. The Morgan fingerprint density at radius 2 is 2.00 bits per heavy atom. The van der Waals surface area contributed by atoms with Gasteiger partial charge in [0.05, 0.1) is 5.75 Å². The smallest absolute Gasteiger partial charge is 0.327 e. The summed E-state index contributed by atoms with van der Waals surface area (Å²) in [5, 5.41) is 11.1. The van der Waals surface area contributed by atoms with Crippen LogP contribution < -0.4 is 5.32 Å². The Kier molecular flexibility index (Phi) is 7.21. The van der Waals surface area contributed by atoms with E-state index in [1.54, 1.807) is 0 Å². The molecule has 100 valence electrons. The number of aliphatic carboxylic acids is 1. The lowest BCUT2D eigenvalue weighted by Gasteiger charge is -2.12. The van der Waals surface area contributed by atoms with E-state index in [-0.39, 0.29) is 11.5 Å². The third-order valence-corrected chi connectivity index (χ3v) is 3.94. The fourth-order valence-electron chi connectivity index (χ4n) is 1.04. The molecular formula is C9H17NO5S2. The summed E-state index contributed by atoms with van der Waals surface area (Å²) in [6, 6.07) is -0.921. The van der Waals surface area contributed by atoms with Crippen LogP contribution in [0, 0.1) is 0 Å². The summed E-state index contributed by atoms with van der Waals surface area (Å²) in [6.07, 6.45) is 1.64. The van der Waals surface area contributed by atoms with Gasteiger partial charge < -0.3 is 10.4 Å². The summed E-state index contributed by atoms with van der Waals surface area (Å²) in [7, 11) is -2.96. The van der Waals surface area contributed by atoms with E-state index in [4.69, 9.17) is 5.11 Å². The number of carboxylic acids is 1. The van der Waals surface area contributed by atoms with Gasteiger partial charge in [0.15, 0.2) is 0 Å². The zero-order valence-corrected chi connectivity index (χ0v) is 11.4. The SMILES string of the molecule is CC(=O)NC(CSCCCS(C)(=O)=O)C(=O)O. The number of hydrogen-bond donors (Lipinski definition) is 2. The Hall–Kier alpha value is -0.760. The molecule has 1 amide bonds. The maximum Gasteiger partial charge on any atom is 0.327 e. The maximum absolute atomic E-state index is 10.8. The molecule has 0 aromatic rings. The second-order valence-electron chi connectivity index (χ2n) is 3.65. The monoisotopic (exact) mass is 283 g/mol. The first-order chi connectivity index (χ1) is 7.72. The van der Waals surface area contributed by atoms with Gasteiger partial charge in [0.1, 0.15) is 15.9 Å². The number of thioether (sulfide) groups is 1. The van der Waals surface area contributed by atoms with Crippen LogP contribution in [0.2, 0.25) is 0 Å². The first-order valence-electron chi connectivity index (χ1n) is 4.98. The molecule has 0 aromatic heterocycles. The van der Waals surface area contributed by atoms with Crippen molar-refractivity contribution < 1.29 is 23.1 Å². The Labute approximate surface area is 105 Å². The van der Waals surface area contributed by atoms with Crippen LogP contribution in [-0.2, 0) is 19.4 Å². The highest BCUT2D eigenvalue weighted by molar-refractivity contribution is 7.99. The number of amides is 1. The number of carbonyl (C=O) groups excluding carboxylic acids is 1. The van der Waals surface area contributed by atoms with E-state index in [9.17, 15) is 18.0 Å². The molecule has 0 aromatic carbocycles. The van der Waals surface area contributed by atoms with E-state index < -0.39 is 27.8 Å². The van der Waals surface area contributed by atoms with Crippen molar-refractivity contribution in [2.24, 2.45) is 0 Å². The molecule has 0 radical (unpaired) electrons. The van der Waals surface area contributed by atoms with E-state index >= 15 is 0 Å². The molecule has 0 rings (SSSR count). The van der Waals surface area contributed by atoms with E-state index in [1.807, 2.05) is 0 Å². The van der Waals surface area contributed by atoms with Crippen LogP contribution in [-0.4, -0.2) is 55.0 Å². The van der Waals surface area contributed by atoms with E-state index in [0.29, 0.717) is 12.2 Å². The summed E-state index contributed by atoms with van der Waals surface area (Å²) in [6.45, 7) is 1.25. The van der Waals surface area contributed by atoms with Crippen molar-refractivity contribution in [3.63, 3.8) is 0 Å². The number of carbonyl (C=O) groups is 2. The van der Waals surface area contributed by atoms with Crippen molar-refractivity contribution in [1.29, 1.82) is 0 Å². The molecule has 0 aliphatic rings. The van der Waals surface area contributed by atoms with Crippen LogP contribution in [0.3, 0.4) is 0 Å². The van der Waals surface area contributed by atoms with E-state index in [0.717, 1.165) is 6.26 Å². The lowest BCUT2D eigenvalue weighted by atomic mass is 10.3. The van der Waals surface area contributed by atoms with Crippen LogP contribution in [0.5, 0.6) is 0 Å². The molecule has 0 saturated heterocycles. The lowest BCUT2D eigenvalue weighted by molar-refractivity contribution is -0.140. The molecule has 0 aliphatic heterocycles. The molecular weight excluding hydrogens is 266 g/mol. The molecule has 2 N–H and O–H groups in total. The summed E-state index contributed by atoms with van der Waals surface area (Å²) < 4.78 is 21.6. The molecule has 0 bridgehead atoms. The summed E-state index contributed by atoms with van der Waals surface area (Å²) in [5.41, 5.74) is 0. The Morgan fingerprint density at radius 3 is 2.41 bits per heavy atom. The van der Waals surface area contributed by atoms with Crippen LogP contribution in [0.4, 0.5) is 0 Å². The first kappa shape index (κ1) is 16.2. The predicted octanol–water partition coefficient (Wildman–Crippen LogP) is -0.256. The van der Waals surface area contributed by atoms with Crippen LogP contribution in [0.15, 0.2) is 0 Å². The molecule has 8 heteroatoms. The Morgan fingerprint density at radius 1 is 1.41 bits per heavy atom. The number of nitrogens with one attached hydrogen (secondary N) is 1. The maximum atomic E-state index is 10.8. The third-order valence-electron chi connectivity index (χ3n) is 1.76. The fourth-order valence-corrected chi connectivity index (χ4v) is 2.87. The average Bonchev–Trinajstić information content (AvgIpc) is 2.12. The number of sulfone groups is 1. The van der Waals surface area contributed by atoms with Crippen molar-refractivity contribution >= 4 is 33.5 Å². The minimum Gasteiger partial charge on any atom is -0.480 e. The molecule has 0 aliphatic carbocycles. The van der Waals surface area contributed by atoms with Crippen molar-refractivity contribution in [1.82, 2.24) is 5.32 Å². The van der Waals surface area contributed by atoms with Gasteiger partial charge in [0.2, 0.25) is 5.91 Å². The van der Waals surface area contributed by atoms with Gasteiger partial charge in [-0.15, -0.1) is 0 Å². The van der Waals surface area contributed by atoms with Crippen molar-refractivity contribution in [3.8, 4) is 0 Å². The second kappa shape index (κ2) is 7.54. The molecule has 6 nitrogen and oxygen atoms in total. The van der Waals surface area contributed by atoms with Gasteiger partial charge in [-0.05, 0) is 12.2 Å². The lowest BCUT2D eigenvalue weighted by Crippen LogP contribution is -2.41. The zero-order valence-electron chi connectivity index (χ0n) is 9.80. The molecule has 0 fully saturated rings. The second-order valence-corrected chi connectivity index (χ2v) is 7.06. The minimum atomic E-state index is -2.96. The molecule has 0 heterocycles. The average molecular weight is 283 g/mol. The Balaban J connectivity index is 3.83. The standard InChI is InChI=1S/C9H17NO5S2/c1-7(11)10-8(9(12)13)6-16-4-3-5-17(2,14)15/h8H,3-6H2,1-2H3,(H,10,11)(H,12,13). The van der Waals surface area contributed by atoms with Crippen LogP contribution in [0.25, 0.3) is 0 Å². The van der Waals surface area contributed by atoms with Gasteiger partial charge in [-0.1, -0.05) is 0 Å². The first-order valence-corrected chi connectivity index (χ1v) is 8.19. The molecule has 1 unspecified atom stereocenters. The predicted molar refractivity (Wildman–Crippen MR) is 66.9 cm³/mol. The molecule has 17 heavy (non-hydrogen) atoms. The topological polar surface area (TPSA) is 101 Å². The van der Waals surface area contributed by atoms with E-state index in [1.165, 1.54) is 18.7 Å². The van der Waals surface area contributed by atoms with Gasteiger partial charge in [-0.3, -0.25) is 4.79 Å². The van der Waals surface area contributed by atoms with Crippen molar-refractivity contribution in [2.45, 2.75) is 19.4 Å². The third kappa shape index (κ3) is 10.1. The van der Waals surface area contributed by atoms with Gasteiger partial charge in [0, 0.05) is 18.9 Å².